The highest BCUT2D eigenvalue weighted by Gasteiger charge is 2.31. The van der Waals surface area contributed by atoms with Crippen LogP contribution in [0.25, 0.3) is 10.8 Å². The number of fused-ring (bicyclic) bond motifs is 1. The van der Waals surface area contributed by atoms with Crippen molar-refractivity contribution in [3.8, 4) is 0 Å². The molecule has 2 aromatic carbocycles. The molecule has 146 valence electrons. The molecule has 0 saturated heterocycles. The van der Waals surface area contributed by atoms with Gasteiger partial charge in [0.1, 0.15) is 5.69 Å². The standard InChI is InChI=1S/C20H17F3N2O3/c1-11-14-7-2-3-8-15(14)18(27)25-17(11)19(28)24-16(10-26)12-5-4-6-13(9-12)20(21,22)23/h2-9,16,26H,10H2,1H3,(H,24,28)(H,25,27). The zero-order valence-electron chi connectivity index (χ0n) is 14.8. The number of carbonyl (C=O) groups excluding carboxylic acids is 1. The van der Waals surface area contributed by atoms with Gasteiger partial charge < -0.3 is 15.4 Å². The summed E-state index contributed by atoms with van der Waals surface area (Å²) in [5, 5.41) is 13.1. The van der Waals surface area contributed by atoms with Gasteiger partial charge in [-0.1, -0.05) is 30.3 Å². The van der Waals surface area contributed by atoms with E-state index in [2.05, 4.69) is 10.3 Å². The molecule has 1 unspecified atom stereocenters. The lowest BCUT2D eigenvalue weighted by molar-refractivity contribution is -0.137. The minimum atomic E-state index is -4.54. The van der Waals surface area contributed by atoms with Gasteiger partial charge in [0.15, 0.2) is 0 Å². The molecule has 1 atom stereocenters. The molecule has 0 aliphatic carbocycles. The average molecular weight is 390 g/mol. The second kappa shape index (κ2) is 7.47. The van der Waals surface area contributed by atoms with Crippen molar-refractivity contribution >= 4 is 16.7 Å². The second-order valence-electron chi connectivity index (χ2n) is 6.33. The van der Waals surface area contributed by atoms with Crippen LogP contribution in [0.15, 0.2) is 53.3 Å². The summed E-state index contributed by atoms with van der Waals surface area (Å²) >= 11 is 0. The van der Waals surface area contributed by atoms with Crippen LogP contribution in [0.2, 0.25) is 0 Å². The normalized spacial score (nSPS) is 12.8. The van der Waals surface area contributed by atoms with E-state index in [4.69, 9.17) is 0 Å². The maximum absolute atomic E-state index is 12.9. The Morgan fingerprint density at radius 3 is 2.46 bits per heavy atom. The topological polar surface area (TPSA) is 82.2 Å². The monoisotopic (exact) mass is 390 g/mol. The maximum Gasteiger partial charge on any atom is 0.416 e. The van der Waals surface area contributed by atoms with Gasteiger partial charge in [-0.3, -0.25) is 9.59 Å². The molecule has 5 nitrogen and oxygen atoms in total. The molecular weight excluding hydrogens is 373 g/mol. The number of rotatable bonds is 4. The number of pyridine rings is 1. The minimum Gasteiger partial charge on any atom is -0.394 e. The van der Waals surface area contributed by atoms with Crippen LogP contribution < -0.4 is 10.9 Å². The van der Waals surface area contributed by atoms with Crippen molar-refractivity contribution in [1.82, 2.24) is 10.3 Å². The summed E-state index contributed by atoms with van der Waals surface area (Å²) in [5.74, 6) is -0.697. The highest BCUT2D eigenvalue weighted by atomic mass is 19.4. The SMILES string of the molecule is Cc1c(C(=O)NC(CO)c2cccc(C(F)(F)F)c2)[nH]c(=O)c2ccccc12. The lowest BCUT2D eigenvalue weighted by Gasteiger charge is -2.19. The fraction of sp³-hybridized carbons (Fsp3) is 0.200. The summed E-state index contributed by atoms with van der Waals surface area (Å²) in [6, 6.07) is 10.1. The number of nitrogens with one attached hydrogen (secondary N) is 2. The lowest BCUT2D eigenvalue weighted by Crippen LogP contribution is -2.33. The van der Waals surface area contributed by atoms with E-state index < -0.39 is 35.9 Å². The molecular formula is C20H17F3N2O3. The van der Waals surface area contributed by atoms with Gasteiger partial charge in [0.05, 0.1) is 18.2 Å². The van der Waals surface area contributed by atoms with Crippen LogP contribution in [-0.2, 0) is 6.18 Å². The summed E-state index contributed by atoms with van der Waals surface area (Å²) in [5.41, 5.74) is -0.715. The van der Waals surface area contributed by atoms with Gasteiger partial charge in [0.25, 0.3) is 11.5 Å². The number of alkyl halides is 3. The third-order valence-corrected chi connectivity index (χ3v) is 4.52. The number of carbonyl (C=O) groups is 1. The van der Waals surface area contributed by atoms with Crippen molar-refractivity contribution in [3.05, 3.63) is 81.3 Å². The third-order valence-electron chi connectivity index (χ3n) is 4.52. The number of amides is 1. The molecule has 1 aromatic heterocycles. The number of aromatic nitrogens is 1. The zero-order valence-corrected chi connectivity index (χ0v) is 14.8. The van der Waals surface area contributed by atoms with Gasteiger partial charge >= 0.3 is 6.18 Å². The largest absolute Gasteiger partial charge is 0.416 e. The van der Waals surface area contributed by atoms with Crippen molar-refractivity contribution in [2.75, 3.05) is 6.61 Å². The summed E-state index contributed by atoms with van der Waals surface area (Å²) in [7, 11) is 0. The van der Waals surface area contributed by atoms with E-state index >= 15 is 0 Å². The molecule has 0 radical (unpaired) electrons. The molecule has 0 aliphatic rings. The van der Waals surface area contributed by atoms with E-state index in [0.29, 0.717) is 16.3 Å². The molecule has 3 rings (SSSR count). The van der Waals surface area contributed by atoms with Crippen molar-refractivity contribution in [1.29, 1.82) is 0 Å². The molecule has 0 saturated carbocycles. The molecule has 1 amide bonds. The molecule has 3 N–H and O–H groups in total. The van der Waals surface area contributed by atoms with E-state index in [-0.39, 0.29) is 11.3 Å². The summed E-state index contributed by atoms with van der Waals surface area (Å²) < 4.78 is 38.8. The molecule has 1 heterocycles. The van der Waals surface area contributed by atoms with E-state index in [1.807, 2.05) is 0 Å². The van der Waals surface area contributed by atoms with Gasteiger partial charge in [-0.05, 0) is 41.6 Å². The Hall–Kier alpha value is -3.13. The smallest absolute Gasteiger partial charge is 0.394 e. The first-order valence-electron chi connectivity index (χ1n) is 8.43. The van der Waals surface area contributed by atoms with Crippen LogP contribution in [-0.4, -0.2) is 22.6 Å². The number of aryl methyl sites for hydroxylation is 1. The van der Waals surface area contributed by atoms with Crippen LogP contribution in [0.3, 0.4) is 0 Å². The Balaban J connectivity index is 1.95. The molecule has 0 aliphatic heterocycles. The maximum atomic E-state index is 12.9. The number of halogens is 3. The number of aliphatic hydroxyl groups is 1. The third kappa shape index (κ3) is 3.77. The number of hydrogen-bond acceptors (Lipinski definition) is 3. The van der Waals surface area contributed by atoms with Crippen LogP contribution in [0.1, 0.15) is 33.2 Å². The summed E-state index contributed by atoms with van der Waals surface area (Å²) in [6.45, 7) is 1.05. The molecule has 8 heteroatoms. The van der Waals surface area contributed by atoms with E-state index in [1.54, 1.807) is 31.2 Å². The van der Waals surface area contributed by atoms with Crippen molar-refractivity contribution in [3.63, 3.8) is 0 Å². The van der Waals surface area contributed by atoms with Gasteiger partial charge in [0.2, 0.25) is 0 Å². The van der Waals surface area contributed by atoms with E-state index in [1.165, 1.54) is 12.1 Å². The van der Waals surface area contributed by atoms with Crippen molar-refractivity contribution in [2.45, 2.75) is 19.1 Å². The number of aliphatic hydroxyl groups excluding tert-OH is 1. The Labute approximate surface area is 157 Å². The van der Waals surface area contributed by atoms with Gasteiger partial charge in [-0.15, -0.1) is 0 Å². The van der Waals surface area contributed by atoms with Crippen molar-refractivity contribution < 1.29 is 23.1 Å². The summed E-state index contributed by atoms with van der Waals surface area (Å²) in [6.07, 6.45) is -4.54. The molecule has 28 heavy (non-hydrogen) atoms. The Morgan fingerprint density at radius 2 is 1.82 bits per heavy atom. The second-order valence-corrected chi connectivity index (χ2v) is 6.33. The number of H-pyrrole nitrogens is 1. The Kier molecular flexibility index (Phi) is 5.24. The number of benzene rings is 2. The lowest BCUT2D eigenvalue weighted by atomic mass is 10.0. The molecule has 0 spiro atoms. The number of aromatic amines is 1. The predicted octanol–water partition coefficient (Wildman–Crippen LogP) is 3.32. The Bertz CT molecular complexity index is 1090. The first kappa shape index (κ1) is 19.6. The fourth-order valence-corrected chi connectivity index (χ4v) is 3.04. The van der Waals surface area contributed by atoms with Gasteiger partial charge in [-0.25, -0.2) is 0 Å². The highest BCUT2D eigenvalue weighted by molar-refractivity contribution is 5.99. The minimum absolute atomic E-state index is 0.00544. The highest BCUT2D eigenvalue weighted by Crippen LogP contribution is 2.30. The number of hydrogen-bond donors (Lipinski definition) is 3. The van der Waals surface area contributed by atoms with Crippen LogP contribution >= 0.6 is 0 Å². The first-order valence-corrected chi connectivity index (χ1v) is 8.43. The quantitative estimate of drug-likeness (QED) is 0.639. The zero-order chi connectivity index (χ0) is 20.5. The van der Waals surface area contributed by atoms with Crippen molar-refractivity contribution in [2.24, 2.45) is 0 Å². The Morgan fingerprint density at radius 1 is 1.14 bits per heavy atom. The van der Waals surface area contributed by atoms with E-state index in [9.17, 15) is 27.9 Å². The molecule has 3 aromatic rings. The molecule has 0 bridgehead atoms. The van der Waals surface area contributed by atoms with E-state index in [0.717, 1.165) is 12.1 Å². The van der Waals surface area contributed by atoms with Crippen LogP contribution in [0, 0.1) is 6.92 Å². The molecule has 0 fully saturated rings. The fourth-order valence-electron chi connectivity index (χ4n) is 3.04. The van der Waals surface area contributed by atoms with Gasteiger partial charge in [-0.2, -0.15) is 13.2 Å². The predicted molar refractivity (Wildman–Crippen MR) is 98.0 cm³/mol. The van der Waals surface area contributed by atoms with Crippen LogP contribution in [0.4, 0.5) is 13.2 Å². The first-order chi connectivity index (χ1) is 13.2. The van der Waals surface area contributed by atoms with Crippen LogP contribution in [0.5, 0.6) is 0 Å². The summed E-state index contributed by atoms with van der Waals surface area (Å²) in [4.78, 5) is 27.4. The average Bonchev–Trinajstić information content (AvgIpc) is 2.68. The van der Waals surface area contributed by atoms with Gasteiger partial charge in [0, 0.05) is 5.39 Å².